The van der Waals surface area contributed by atoms with Crippen molar-refractivity contribution in [3.8, 4) is 5.75 Å². The molecule has 6 rings (SSSR count). The molecule has 0 spiro atoms. The summed E-state index contributed by atoms with van der Waals surface area (Å²) < 4.78 is 19.9. The molecule has 0 N–H and O–H groups in total. The lowest BCUT2D eigenvalue weighted by molar-refractivity contribution is 0.305. The quantitative estimate of drug-likeness (QED) is 0.231. The normalized spacial score (nSPS) is 14.8. The average Bonchev–Trinajstić information content (AvgIpc) is 3.41. The van der Waals surface area contributed by atoms with E-state index in [2.05, 4.69) is 74.9 Å². The number of nitrogens with zero attached hydrogens (tertiary/aromatic N) is 5. The van der Waals surface area contributed by atoms with Crippen molar-refractivity contribution >= 4 is 17.8 Å². The Morgan fingerprint density at radius 3 is 2.45 bits per heavy atom. The zero-order valence-electron chi connectivity index (χ0n) is 22.3. The molecule has 0 saturated heterocycles. The minimum absolute atomic E-state index is 0.113. The van der Waals surface area contributed by atoms with Crippen LogP contribution in [0.4, 0.5) is 10.1 Å². The molecular weight excluding hydrogens is 501 g/mol. The second-order valence-corrected chi connectivity index (χ2v) is 9.99. The number of aryl methyl sites for hydroxylation is 1. The summed E-state index contributed by atoms with van der Waals surface area (Å²) in [6, 6.07) is 32.1. The first-order valence-electron chi connectivity index (χ1n) is 13.4. The molecule has 5 aromatic rings. The second-order valence-electron chi connectivity index (χ2n) is 9.99. The van der Waals surface area contributed by atoms with Gasteiger partial charge in [-0.05, 0) is 88.3 Å². The second kappa shape index (κ2) is 11.5. The molecule has 0 fully saturated rings. The van der Waals surface area contributed by atoms with Crippen molar-refractivity contribution in [2.45, 2.75) is 25.5 Å². The van der Waals surface area contributed by atoms with Gasteiger partial charge in [0.1, 0.15) is 18.2 Å². The highest BCUT2D eigenvalue weighted by molar-refractivity contribution is 5.66. The van der Waals surface area contributed by atoms with E-state index in [1.165, 1.54) is 33.6 Å². The smallest absolute Gasteiger partial charge is 0.197 e. The van der Waals surface area contributed by atoms with Gasteiger partial charge in [0.15, 0.2) is 5.82 Å². The number of rotatable bonds is 8. The molecule has 2 heterocycles. The number of hydrogen-bond donors (Lipinski definition) is 0. The zero-order chi connectivity index (χ0) is 27.3. The third kappa shape index (κ3) is 5.94. The highest BCUT2D eigenvalue weighted by atomic mass is 19.1. The molecule has 0 bridgehead atoms. The van der Waals surface area contributed by atoms with E-state index in [1.54, 1.807) is 7.05 Å². The van der Waals surface area contributed by atoms with E-state index in [0.717, 1.165) is 42.0 Å². The maximum Gasteiger partial charge on any atom is 0.197 e. The molecule has 200 valence electrons. The predicted molar refractivity (Wildman–Crippen MR) is 155 cm³/mol. The third-order valence-corrected chi connectivity index (χ3v) is 7.24. The van der Waals surface area contributed by atoms with Gasteiger partial charge in [-0.2, -0.15) is 4.80 Å². The van der Waals surface area contributed by atoms with Crippen molar-refractivity contribution in [1.82, 2.24) is 20.2 Å². The Morgan fingerprint density at radius 1 is 0.900 bits per heavy atom. The van der Waals surface area contributed by atoms with Gasteiger partial charge >= 0.3 is 0 Å². The van der Waals surface area contributed by atoms with Crippen LogP contribution in [0, 0.1) is 5.82 Å². The fraction of sp³-hybridized carbons (Fsp3) is 0.182. The Kier molecular flexibility index (Phi) is 7.35. The molecule has 0 aliphatic carbocycles. The molecule has 4 aromatic carbocycles. The molecule has 1 unspecified atom stereocenters. The number of benzene rings is 4. The summed E-state index contributed by atoms with van der Waals surface area (Å²) in [7, 11) is 1.75. The van der Waals surface area contributed by atoms with Gasteiger partial charge in [-0.3, -0.25) is 0 Å². The van der Waals surface area contributed by atoms with Crippen LogP contribution in [0.3, 0.4) is 0 Å². The van der Waals surface area contributed by atoms with E-state index in [0.29, 0.717) is 12.4 Å². The van der Waals surface area contributed by atoms with Crippen LogP contribution in [0.25, 0.3) is 12.2 Å². The first kappa shape index (κ1) is 25.5. The van der Waals surface area contributed by atoms with E-state index in [-0.39, 0.29) is 11.9 Å². The predicted octanol–water partition coefficient (Wildman–Crippen LogP) is 6.45. The average molecular weight is 532 g/mol. The van der Waals surface area contributed by atoms with Crippen LogP contribution < -0.4 is 9.64 Å². The van der Waals surface area contributed by atoms with Gasteiger partial charge in [0.2, 0.25) is 0 Å². The van der Waals surface area contributed by atoms with E-state index in [1.807, 2.05) is 42.5 Å². The SMILES string of the molecule is Cn1nnc(C=Cc2ccc(CC3c4ccc(OCc5ccccc5)cc4CCN3c3ccc(F)cc3)cc2)n1. The molecule has 1 aromatic heterocycles. The maximum absolute atomic E-state index is 13.7. The molecule has 40 heavy (non-hydrogen) atoms. The summed E-state index contributed by atoms with van der Waals surface area (Å²) in [4.78, 5) is 3.83. The number of halogens is 1. The molecular formula is C33H30FN5O. The Morgan fingerprint density at radius 2 is 1.70 bits per heavy atom. The molecule has 1 aliphatic heterocycles. The largest absolute Gasteiger partial charge is 0.489 e. The number of ether oxygens (including phenoxy) is 1. The van der Waals surface area contributed by atoms with Crippen LogP contribution in [-0.2, 0) is 26.5 Å². The van der Waals surface area contributed by atoms with Crippen molar-refractivity contribution in [3.63, 3.8) is 0 Å². The van der Waals surface area contributed by atoms with Crippen molar-refractivity contribution < 1.29 is 9.13 Å². The van der Waals surface area contributed by atoms with E-state index in [9.17, 15) is 4.39 Å². The van der Waals surface area contributed by atoms with Gasteiger partial charge in [0, 0.05) is 12.2 Å². The molecule has 0 amide bonds. The minimum atomic E-state index is -0.224. The van der Waals surface area contributed by atoms with Crippen LogP contribution in [-0.4, -0.2) is 26.8 Å². The molecule has 0 radical (unpaired) electrons. The van der Waals surface area contributed by atoms with Gasteiger partial charge in [-0.25, -0.2) is 4.39 Å². The lowest BCUT2D eigenvalue weighted by Crippen LogP contribution is -2.36. The lowest BCUT2D eigenvalue weighted by Gasteiger charge is -2.39. The van der Waals surface area contributed by atoms with Gasteiger partial charge < -0.3 is 9.64 Å². The maximum atomic E-state index is 13.7. The molecule has 7 heteroatoms. The van der Waals surface area contributed by atoms with Crippen molar-refractivity contribution in [2.75, 3.05) is 11.4 Å². The van der Waals surface area contributed by atoms with Crippen molar-refractivity contribution in [3.05, 3.63) is 137 Å². The number of fused-ring (bicyclic) bond motifs is 1. The Bertz CT molecular complexity index is 1600. The fourth-order valence-corrected chi connectivity index (χ4v) is 5.21. The first-order chi connectivity index (χ1) is 19.6. The summed E-state index contributed by atoms with van der Waals surface area (Å²) in [5.74, 6) is 1.23. The lowest BCUT2D eigenvalue weighted by atomic mass is 9.88. The van der Waals surface area contributed by atoms with Crippen molar-refractivity contribution in [1.29, 1.82) is 0 Å². The number of anilines is 1. The zero-order valence-corrected chi connectivity index (χ0v) is 22.3. The van der Waals surface area contributed by atoms with Crippen LogP contribution in [0.5, 0.6) is 5.75 Å². The first-order valence-corrected chi connectivity index (χ1v) is 13.4. The van der Waals surface area contributed by atoms with E-state index >= 15 is 0 Å². The molecule has 1 aliphatic rings. The van der Waals surface area contributed by atoms with Gasteiger partial charge in [0.25, 0.3) is 0 Å². The van der Waals surface area contributed by atoms with Crippen LogP contribution in [0.1, 0.15) is 39.7 Å². The monoisotopic (exact) mass is 531 g/mol. The molecule has 1 atom stereocenters. The molecule has 6 nitrogen and oxygen atoms in total. The number of aromatic nitrogens is 4. The van der Waals surface area contributed by atoms with Crippen LogP contribution in [0.15, 0.2) is 97.1 Å². The van der Waals surface area contributed by atoms with Gasteiger partial charge in [-0.1, -0.05) is 66.7 Å². The molecule has 0 saturated carbocycles. The summed E-state index contributed by atoms with van der Waals surface area (Å²) >= 11 is 0. The van der Waals surface area contributed by atoms with Gasteiger partial charge in [-0.15, -0.1) is 10.2 Å². The summed E-state index contributed by atoms with van der Waals surface area (Å²) in [5.41, 5.74) is 7.04. The highest BCUT2D eigenvalue weighted by Gasteiger charge is 2.28. The standard InChI is InChI=1S/C33H30FN5O/c1-38-36-33(35-37-38)18-11-24-7-9-25(10-8-24)21-32-31-17-16-30(40-23-26-5-3-2-4-6-26)22-27(31)19-20-39(32)29-14-12-28(34)13-15-29/h2-18,22,32H,19-21,23H2,1H3. The Balaban J connectivity index is 1.24. The van der Waals surface area contributed by atoms with Crippen molar-refractivity contribution in [2.24, 2.45) is 7.05 Å². The summed E-state index contributed by atoms with van der Waals surface area (Å²) in [5, 5.41) is 12.1. The highest BCUT2D eigenvalue weighted by Crippen LogP contribution is 2.37. The van der Waals surface area contributed by atoms with E-state index < -0.39 is 0 Å². The third-order valence-electron chi connectivity index (χ3n) is 7.24. The fourth-order valence-electron chi connectivity index (χ4n) is 5.21. The van der Waals surface area contributed by atoms with Crippen LogP contribution >= 0.6 is 0 Å². The Hall–Kier alpha value is -4.78. The number of hydrogen-bond acceptors (Lipinski definition) is 5. The summed E-state index contributed by atoms with van der Waals surface area (Å²) in [6.45, 7) is 1.38. The minimum Gasteiger partial charge on any atom is -0.489 e. The topological polar surface area (TPSA) is 56.1 Å². The van der Waals surface area contributed by atoms with E-state index in [4.69, 9.17) is 4.74 Å². The van der Waals surface area contributed by atoms with Crippen LogP contribution in [0.2, 0.25) is 0 Å². The Labute approximate surface area is 233 Å². The number of tetrazole rings is 1. The van der Waals surface area contributed by atoms with Gasteiger partial charge in [0.05, 0.1) is 13.1 Å². The summed E-state index contributed by atoms with van der Waals surface area (Å²) in [6.07, 6.45) is 5.56.